The minimum Gasteiger partial charge on any atom is -0.493 e. The van der Waals surface area contributed by atoms with E-state index >= 15 is 0 Å². The van der Waals surface area contributed by atoms with Crippen LogP contribution in [-0.2, 0) is 16.3 Å². The van der Waals surface area contributed by atoms with Gasteiger partial charge in [-0.2, -0.15) is 5.10 Å². The van der Waals surface area contributed by atoms with Crippen molar-refractivity contribution in [3.63, 3.8) is 0 Å². The van der Waals surface area contributed by atoms with Gasteiger partial charge in [0.2, 0.25) is 0 Å². The smallest absolute Gasteiger partial charge is 0.189 e. The van der Waals surface area contributed by atoms with Crippen LogP contribution in [0.4, 0.5) is 0 Å². The largest absolute Gasteiger partial charge is 0.493 e. The maximum Gasteiger partial charge on any atom is 0.189 e. The number of sulfone groups is 1. The normalized spacial score (nSPS) is 21.6. The highest BCUT2D eigenvalue weighted by Gasteiger charge is 2.32. The van der Waals surface area contributed by atoms with Gasteiger partial charge < -0.3 is 9.47 Å². The van der Waals surface area contributed by atoms with Crippen LogP contribution in [0.2, 0.25) is 0 Å². The van der Waals surface area contributed by atoms with E-state index in [1.54, 1.807) is 20.3 Å². The molecule has 0 saturated carbocycles. The van der Waals surface area contributed by atoms with Gasteiger partial charge >= 0.3 is 0 Å². The molecule has 0 spiro atoms. The Morgan fingerprint density at radius 2 is 1.86 bits per heavy atom. The van der Waals surface area contributed by atoms with Crippen LogP contribution in [0.25, 0.3) is 6.08 Å². The van der Waals surface area contributed by atoms with Crippen LogP contribution < -0.4 is 9.47 Å². The molecule has 2 heterocycles. The molecule has 0 radical (unpaired) electrons. The lowest BCUT2D eigenvalue weighted by Crippen LogP contribution is -2.14. The maximum atomic E-state index is 13.0. The third-order valence-corrected chi connectivity index (χ3v) is 7.53. The Kier molecular flexibility index (Phi) is 4.77. The third kappa shape index (κ3) is 3.35. The number of fused-ring (bicyclic) bond motifs is 1. The molecule has 1 aliphatic heterocycles. The molecular weight excluding hydrogens is 392 g/mol. The molecule has 0 N–H and O–H groups in total. The number of benzene rings is 1. The monoisotopic (exact) mass is 416 g/mol. The fraction of sp³-hybridized carbons (Fsp3) is 0.429. The number of ether oxygens (including phenoxy) is 2. The van der Waals surface area contributed by atoms with E-state index in [1.807, 2.05) is 30.7 Å². The number of Topliss-reactive ketones (excluding diaryl/α,β-unsaturated/α-hetero) is 1. The molecule has 2 aliphatic rings. The number of methoxy groups -OCH3 is 2. The predicted molar refractivity (Wildman–Crippen MR) is 110 cm³/mol. The van der Waals surface area contributed by atoms with Crippen molar-refractivity contribution in [3.05, 3.63) is 45.8 Å². The first-order valence-corrected chi connectivity index (χ1v) is 11.3. The van der Waals surface area contributed by atoms with E-state index in [0.717, 1.165) is 22.5 Å². The van der Waals surface area contributed by atoms with Gasteiger partial charge in [-0.25, -0.2) is 8.42 Å². The molecule has 2 aromatic rings. The van der Waals surface area contributed by atoms with Gasteiger partial charge in [-0.05, 0) is 44.0 Å². The average Bonchev–Trinajstić information content (AvgIpc) is 3.29. The van der Waals surface area contributed by atoms with E-state index in [-0.39, 0.29) is 23.3 Å². The maximum absolute atomic E-state index is 13.0. The SMILES string of the molecule is COc1cc2c(cc1OC)C(=O)C(=Cc1c(C)nn(C3CCS(=O)(=O)C3)c1C)C2. The van der Waals surface area contributed by atoms with E-state index in [4.69, 9.17) is 9.47 Å². The van der Waals surface area contributed by atoms with Gasteiger partial charge in [-0.15, -0.1) is 0 Å². The summed E-state index contributed by atoms with van der Waals surface area (Å²) in [5, 5.41) is 4.59. The number of ketones is 1. The lowest BCUT2D eigenvalue weighted by molar-refractivity contribution is 0.104. The predicted octanol–water partition coefficient (Wildman–Crippen LogP) is 2.70. The zero-order valence-corrected chi connectivity index (χ0v) is 17.8. The van der Waals surface area contributed by atoms with Crippen LogP contribution in [0.5, 0.6) is 11.5 Å². The summed E-state index contributed by atoms with van der Waals surface area (Å²) < 4.78 is 36.2. The highest BCUT2D eigenvalue weighted by Crippen LogP contribution is 2.37. The van der Waals surface area contributed by atoms with Crippen LogP contribution in [0.1, 0.15) is 45.3 Å². The number of carbonyl (C=O) groups excluding carboxylic acids is 1. The molecule has 1 aliphatic carbocycles. The summed E-state index contributed by atoms with van der Waals surface area (Å²) in [7, 11) is 0.119. The summed E-state index contributed by atoms with van der Waals surface area (Å²) in [6, 6.07) is 3.43. The van der Waals surface area contributed by atoms with Crippen molar-refractivity contribution in [2.45, 2.75) is 32.7 Å². The van der Waals surface area contributed by atoms with Gasteiger partial charge in [0.25, 0.3) is 0 Å². The van der Waals surface area contributed by atoms with Crippen LogP contribution in [0.15, 0.2) is 17.7 Å². The molecular formula is C21H24N2O5S. The Morgan fingerprint density at radius 1 is 1.17 bits per heavy atom. The Morgan fingerprint density at radius 3 is 2.48 bits per heavy atom. The zero-order valence-electron chi connectivity index (χ0n) is 17.0. The van der Waals surface area contributed by atoms with Gasteiger partial charge in [0.15, 0.2) is 27.1 Å². The number of rotatable bonds is 4. The highest BCUT2D eigenvalue weighted by molar-refractivity contribution is 7.91. The zero-order chi connectivity index (χ0) is 20.9. The summed E-state index contributed by atoms with van der Waals surface area (Å²) in [5.74, 6) is 1.42. The molecule has 8 heteroatoms. The molecule has 1 saturated heterocycles. The van der Waals surface area contributed by atoms with Gasteiger partial charge in [0.05, 0.1) is 37.5 Å². The molecule has 4 rings (SSSR count). The van der Waals surface area contributed by atoms with Gasteiger partial charge in [-0.1, -0.05) is 0 Å². The van der Waals surface area contributed by atoms with Crippen molar-refractivity contribution in [2.75, 3.05) is 25.7 Å². The third-order valence-electron chi connectivity index (χ3n) is 5.78. The van der Waals surface area contributed by atoms with E-state index in [0.29, 0.717) is 35.5 Å². The van der Waals surface area contributed by atoms with Crippen molar-refractivity contribution >= 4 is 21.7 Å². The molecule has 1 unspecified atom stereocenters. The summed E-state index contributed by atoms with van der Waals surface area (Å²) in [6.45, 7) is 3.81. The topological polar surface area (TPSA) is 87.5 Å². The second-order valence-electron chi connectivity index (χ2n) is 7.63. The van der Waals surface area contributed by atoms with Crippen molar-refractivity contribution in [1.29, 1.82) is 0 Å². The molecule has 1 aromatic heterocycles. The summed E-state index contributed by atoms with van der Waals surface area (Å²) in [6.07, 6.45) is 2.97. The molecule has 1 atom stereocenters. The number of allylic oxidation sites excluding steroid dienone is 1. The Balaban J connectivity index is 1.69. The molecule has 154 valence electrons. The number of carbonyl (C=O) groups is 1. The van der Waals surface area contributed by atoms with E-state index in [2.05, 4.69) is 5.10 Å². The van der Waals surface area contributed by atoms with Crippen molar-refractivity contribution < 1.29 is 22.7 Å². The van der Waals surface area contributed by atoms with Crippen molar-refractivity contribution in [3.8, 4) is 11.5 Å². The number of aryl methyl sites for hydroxylation is 1. The Bertz CT molecular complexity index is 1140. The number of aromatic nitrogens is 2. The van der Waals surface area contributed by atoms with E-state index in [9.17, 15) is 13.2 Å². The second kappa shape index (κ2) is 7.02. The number of hydrogen-bond acceptors (Lipinski definition) is 6. The summed E-state index contributed by atoms with van der Waals surface area (Å²) >= 11 is 0. The molecule has 1 aromatic carbocycles. The highest BCUT2D eigenvalue weighted by atomic mass is 32.2. The molecule has 29 heavy (non-hydrogen) atoms. The number of hydrogen-bond donors (Lipinski definition) is 0. The average molecular weight is 416 g/mol. The molecule has 0 bridgehead atoms. The standard InChI is InChI=1S/C21H24N2O5S/c1-12-17(13(2)23(22-12)16-5-6-29(25,26)11-16)8-15-7-14-9-19(27-3)20(28-4)10-18(14)21(15)24/h8-10,16H,5-7,11H2,1-4H3. The first-order valence-electron chi connectivity index (χ1n) is 9.50. The first kappa shape index (κ1) is 19.7. The fourth-order valence-corrected chi connectivity index (χ4v) is 5.93. The second-order valence-corrected chi connectivity index (χ2v) is 9.85. The Hall–Kier alpha value is -2.61. The molecule has 7 nitrogen and oxygen atoms in total. The van der Waals surface area contributed by atoms with Crippen LogP contribution in [0.3, 0.4) is 0 Å². The number of nitrogens with zero attached hydrogens (tertiary/aromatic N) is 2. The van der Waals surface area contributed by atoms with Crippen LogP contribution in [-0.4, -0.2) is 49.7 Å². The van der Waals surface area contributed by atoms with Crippen LogP contribution >= 0.6 is 0 Å². The van der Waals surface area contributed by atoms with Gasteiger partial charge in [0, 0.05) is 28.8 Å². The summed E-state index contributed by atoms with van der Waals surface area (Å²) in [4.78, 5) is 13.0. The van der Waals surface area contributed by atoms with Gasteiger partial charge in [-0.3, -0.25) is 9.48 Å². The first-order chi connectivity index (χ1) is 13.7. The fourth-order valence-electron chi connectivity index (χ4n) is 4.24. The van der Waals surface area contributed by atoms with E-state index < -0.39 is 9.84 Å². The summed E-state index contributed by atoms with van der Waals surface area (Å²) in [5.41, 5.74) is 4.76. The minimum atomic E-state index is -3.00. The molecule has 1 fully saturated rings. The molecule has 0 amide bonds. The Labute approximate surface area is 170 Å². The lowest BCUT2D eigenvalue weighted by Gasteiger charge is -2.11. The van der Waals surface area contributed by atoms with E-state index in [1.165, 1.54) is 0 Å². The lowest BCUT2D eigenvalue weighted by atomic mass is 10.1. The van der Waals surface area contributed by atoms with Crippen molar-refractivity contribution in [1.82, 2.24) is 9.78 Å². The quantitative estimate of drug-likeness (QED) is 0.712. The van der Waals surface area contributed by atoms with Crippen molar-refractivity contribution in [2.24, 2.45) is 0 Å². The van der Waals surface area contributed by atoms with Crippen LogP contribution in [0, 0.1) is 13.8 Å². The minimum absolute atomic E-state index is 0.0315. The van der Waals surface area contributed by atoms with Gasteiger partial charge in [0.1, 0.15) is 0 Å².